The van der Waals surface area contributed by atoms with Crippen LogP contribution in [0.25, 0.3) is 5.57 Å². The third-order valence-electron chi connectivity index (χ3n) is 10.1. The molecule has 7 aliphatic rings. The molecule has 38 heavy (non-hydrogen) atoms. The topological polar surface area (TPSA) is 9.23 Å². The second-order valence-electron chi connectivity index (χ2n) is 12.1. The minimum Gasteiger partial charge on any atom is -0.366 e. The Morgan fingerprint density at radius 3 is 2.63 bits per heavy atom. The highest BCUT2D eigenvalue weighted by Gasteiger charge is 2.39. The predicted octanol–water partition coefficient (Wildman–Crippen LogP) is 9.09. The maximum atomic E-state index is 6.67. The lowest BCUT2D eigenvalue weighted by molar-refractivity contribution is 0.0661. The predicted molar refractivity (Wildman–Crippen MR) is 156 cm³/mol. The summed E-state index contributed by atoms with van der Waals surface area (Å²) in [5.41, 5.74) is 11.6. The molecule has 1 saturated carbocycles. The van der Waals surface area contributed by atoms with E-state index in [2.05, 4.69) is 97.2 Å². The fraction of sp³-hybridized carbons (Fsp3) is 0.351. The summed E-state index contributed by atoms with van der Waals surface area (Å²) in [6.07, 6.45) is 37.2. The zero-order chi connectivity index (χ0) is 25.1. The molecule has 1 heterocycles. The van der Waals surface area contributed by atoms with Crippen molar-refractivity contribution in [3.63, 3.8) is 0 Å². The van der Waals surface area contributed by atoms with Crippen molar-refractivity contribution in [2.45, 2.75) is 57.2 Å². The van der Waals surface area contributed by atoms with Crippen molar-refractivity contribution < 1.29 is 4.74 Å². The van der Waals surface area contributed by atoms with Crippen LogP contribution in [0, 0.1) is 23.7 Å². The van der Waals surface area contributed by atoms with Gasteiger partial charge in [0, 0.05) is 5.92 Å². The summed E-state index contributed by atoms with van der Waals surface area (Å²) in [5.74, 6) is 2.65. The van der Waals surface area contributed by atoms with Gasteiger partial charge in [-0.15, -0.1) is 0 Å². The first kappa shape index (κ1) is 22.8. The Hall–Kier alpha value is -3.16. The molecule has 1 aromatic carbocycles. The van der Waals surface area contributed by atoms with Crippen LogP contribution in [-0.4, -0.2) is 6.10 Å². The second-order valence-corrected chi connectivity index (χ2v) is 12.1. The molecule has 190 valence electrons. The van der Waals surface area contributed by atoms with Crippen molar-refractivity contribution in [2.24, 2.45) is 23.7 Å². The largest absolute Gasteiger partial charge is 0.366 e. The highest BCUT2D eigenvalue weighted by Crippen LogP contribution is 2.49. The summed E-state index contributed by atoms with van der Waals surface area (Å²) in [5, 5.41) is 0. The molecular weight excluding hydrogens is 460 g/mol. The number of rotatable bonds is 3. The molecule has 0 amide bonds. The van der Waals surface area contributed by atoms with E-state index in [1.165, 1.54) is 53.5 Å². The number of ether oxygens (including phenoxy) is 1. The number of fused-ring (bicyclic) bond motifs is 5. The van der Waals surface area contributed by atoms with Gasteiger partial charge in [0.1, 0.15) is 0 Å². The second kappa shape index (κ2) is 9.24. The Morgan fingerprint density at radius 2 is 1.68 bits per heavy atom. The number of allylic oxidation sites excluding steroid dienone is 16. The SMILES string of the molecule is C1=CC2CC3=CC(C4CCC(c5ccc(C6=CCC7C(=C6)C=CC6=C7C=CCC6)cc5)O4)=CCC3C2C=C1. The zero-order valence-electron chi connectivity index (χ0n) is 22.1. The molecule has 2 fully saturated rings. The Morgan fingerprint density at radius 1 is 0.789 bits per heavy atom. The van der Waals surface area contributed by atoms with Crippen LogP contribution < -0.4 is 0 Å². The number of benzene rings is 1. The first-order chi connectivity index (χ1) is 18.8. The normalized spacial score (nSPS) is 34.6. The molecule has 1 aliphatic heterocycles. The lowest BCUT2D eigenvalue weighted by Crippen LogP contribution is -2.17. The van der Waals surface area contributed by atoms with E-state index in [1.54, 1.807) is 16.7 Å². The van der Waals surface area contributed by atoms with Crippen molar-refractivity contribution >= 4 is 5.57 Å². The summed E-state index contributed by atoms with van der Waals surface area (Å²) < 4.78 is 6.67. The van der Waals surface area contributed by atoms with E-state index in [9.17, 15) is 0 Å². The van der Waals surface area contributed by atoms with E-state index in [0.717, 1.165) is 19.3 Å². The molecule has 0 bridgehead atoms. The maximum Gasteiger partial charge on any atom is 0.0834 e. The molecule has 6 unspecified atom stereocenters. The molecule has 0 aromatic heterocycles. The summed E-state index contributed by atoms with van der Waals surface area (Å²) in [4.78, 5) is 0. The summed E-state index contributed by atoms with van der Waals surface area (Å²) in [6, 6.07) is 9.22. The van der Waals surface area contributed by atoms with Crippen LogP contribution >= 0.6 is 0 Å². The Balaban J connectivity index is 0.940. The summed E-state index contributed by atoms with van der Waals surface area (Å²) in [6.45, 7) is 0. The average Bonchev–Trinajstić information content (AvgIpc) is 3.62. The van der Waals surface area contributed by atoms with Crippen LogP contribution in [0.1, 0.15) is 62.2 Å². The Kier molecular flexibility index (Phi) is 5.54. The molecule has 6 aliphatic carbocycles. The quantitative estimate of drug-likeness (QED) is 0.405. The van der Waals surface area contributed by atoms with Crippen LogP contribution in [0.4, 0.5) is 0 Å². The van der Waals surface area contributed by atoms with Gasteiger partial charge in [-0.2, -0.15) is 0 Å². The van der Waals surface area contributed by atoms with Gasteiger partial charge in [0.2, 0.25) is 0 Å². The smallest absolute Gasteiger partial charge is 0.0834 e. The zero-order valence-corrected chi connectivity index (χ0v) is 22.1. The molecule has 1 heteroatoms. The summed E-state index contributed by atoms with van der Waals surface area (Å²) >= 11 is 0. The lowest BCUT2D eigenvalue weighted by Gasteiger charge is -2.30. The molecule has 0 radical (unpaired) electrons. The minimum atomic E-state index is 0.205. The van der Waals surface area contributed by atoms with Crippen LogP contribution in [-0.2, 0) is 4.74 Å². The maximum absolute atomic E-state index is 6.67. The van der Waals surface area contributed by atoms with Gasteiger partial charge in [-0.3, -0.25) is 0 Å². The average molecular weight is 497 g/mol. The van der Waals surface area contributed by atoms with E-state index >= 15 is 0 Å². The van der Waals surface area contributed by atoms with Crippen LogP contribution in [0.15, 0.2) is 125 Å². The van der Waals surface area contributed by atoms with Crippen molar-refractivity contribution in [3.8, 4) is 0 Å². The fourth-order valence-electron chi connectivity index (χ4n) is 8.04. The molecule has 1 aromatic rings. The van der Waals surface area contributed by atoms with Gasteiger partial charge >= 0.3 is 0 Å². The van der Waals surface area contributed by atoms with Crippen molar-refractivity contribution in [1.29, 1.82) is 0 Å². The molecule has 1 nitrogen and oxygen atoms in total. The number of hydrogen-bond donors (Lipinski definition) is 0. The van der Waals surface area contributed by atoms with Crippen LogP contribution in [0.5, 0.6) is 0 Å². The van der Waals surface area contributed by atoms with Gasteiger partial charge in [0.15, 0.2) is 0 Å². The first-order valence-electron chi connectivity index (χ1n) is 14.8. The van der Waals surface area contributed by atoms with E-state index in [4.69, 9.17) is 4.74 Å². The van der Waals surface area contributed by atoms with Gasteiger partial charge < -0.3 is 4.74 Å². The van der Waals surface area contributed by atoms with Crippen LogP contribution in [0.3, 0.4) is 0 Å². The molecule has 1 saturated heterocycles. The van der Waals surface area contributed by atoms with Gasteiger partial charge in [-0.25, -0.2) is 0 Å². The highest BCUT2D eigenvalue weighted by atomic mass is 16.5. The standard InChI is InChI=1S/C37H36O/c1-3-7-32-25(5-1)11-14-29-21-27(15-17-34(29)32)24-9-12-26(13-10-24)36-19-20-37(38-36)30-16-18-35-31(23-30)22-28-6-2-4-8-33(28)35/h2-4,6-16,21,23,28,33-37H,1,5,17-20,22H2. The van der Waals surface area contributed by atoms with Crippen molar-refractivity contribution in [1.82, 2.24) is 0 Å². The lowest BCUT2D eigenvalue weighted by atomic mass is 9.75. The molecule has 8 rings (SSSR count). The summed E-state index contributed by atoms with van der Waals surface area (Å²) in [7, 11) is 0. The third kappa shape index (κ3) is 3.86. The van der Waals surface area contributed by atoms with Crippen molar-refractivity contribution in [3.05, 3.63) is 136 Å². The Bertz CT molecular complexity index is 1430. The molecule has 0 N–H and O–H groups in total. The monoisotopic (exact) mass is 496 g/mol. The van der Waals surface area contributed by atoms with Gasteiger partial charge in [-0.1, -0.05) is 103 Å². The van der Waals surface area contributed by atoms with Gasteiger partial charge in [0.05, 0.1) is 12.2 Å². The van der Waals surface area contributed by atoms with E-state index < -0.39 is 0 Å². The Labute approximate surface area is 227 Å². The highest BCUT2D eigenvalue weighted by molar-refractivity contribution is 5.78. The first-order valence-corrected chi connectivity index (χ1v) is 14.8. The van der Waals surface area contributed by atoms with Gasteiger partial charge in [0.25, 0.3) is 0 Å². The van der Waals surface area contributed by atoms with E-state index in [-0.39, 0.29) is 12.2 Å². The van der Waals surface area contributed by atoms with Crippen molar-refractivity contribution in [2.75, 3.05) is 0 Å². The minimum absolute atomic E-state index is 0.205. The van der Waals surface area contributed by atoms with E-state index in [1.807, 2.05) is 0 Å². The number of hydrogen-bond acceptors (Lipinski definition) is 1. The van der Waals surface area contributed by atoms with Crippen LogP contribution in [0.2, 0.25) is 0 Å². The molecule has 0 spiro atoms. The van der Waals surface area contributed by atoms with E-state index in [0.29, 0.717) is 23.7 Å². The molecular formula is C37H36O. The fourth-order valence-corrected chi connectivity index (χ4v) is 8.04. The van der Waals surface area contributed by atoms with Gasteiger partial charge in [-0.05, 0) is 102 Å². The third-order valence-corrected chi connectivity index (χ3v) is 10.1. The molecule has 6 atom stereocenters.